The van der Waals surface area contributed by atoms with E-state index in [0.29, 0.717) is 12.0 Å². The lowest BCUT2D eigenvalue weighted by Gasteiger charge is -2.33. The van der Waals surface area contributed by atoms with Crippen molar-refractivity contribution in [3.05, 3.63) is 21.7 Å². The smallest absolute Gasteiger partial charge is 0.333 e. The summed E-state index contributed by atoms with van der Waals surface area (Å²) in [6, 6.07) is 0. The lowest BCUT2D eigenvalue weighted by atomic mass is 9.84. The fraction of sp³-hybridized carbons (Fsp3) is 0.583. The number of ether oxygens (including phenoxy) is 1. The van der Waals surface area contributed by atoms with Crippen LogP contribution in [0.4, 0.5) is 0 Å². The maximum Gasteiger partial charge on any atom is 0.333 e. The summed E-state index contributed by atoms with van der Waals surface area (Å²) in [6.45, 7) is 0. The van der Waals surface area contributed by atoms with Crippen LogP contribution in [0.2, 0.25) is 0 Å². The average molecular weight is 397 g/mol. The zero-order valence-corrected chi connectivity index (χ0v) is 14.6. The van der Waals surface area contributed by atoms with Crippen LogP contribution in [0.15, 0.2) is 21.7 Å². The predicted octanol–water partition coefficient (Wildman–Crippen LogP) is 4.57. The minimum absolute atomic E-state index is 0.143. The number of alkyl halides is 4. The van der Waals surface area contributed by atoms with E-state index in [1.807, 2.05) is 0 Å². The number of halogens is 6. The summed E-state index contributed by atoms with van der Waals surface area (Å²) in [5.74, 6) is -1.11. The first-order chi connectivity index (χ1) is 9.14. The molecule has 2 nitrogen and oxygen atoms in total. The Hall–Kier alpha value is 0.690. The highest BCUT2D eigenvalue weighted by molar-refractivity contribution is 6.65. The Bertz CT molecular complexity index is 582. The Morgan fingerprint density at radius 2 is 1.75 bits per heavy atom. The first kappa shape index (κ1) is 15.6. The van der Waals surface area contributed by atoms with Crippen LogP contribution in [0.3, 0.4) is 0 Å². The Morgan fingerprint density at radius 1 is 1.20 bits per heavy atom. The third-order valence-electron chi connectivity index (χ3n) is 4.42. The van der Waals surface area contributed by atoms with Gasteiger partial charge in [-0.25, -0.2) is 4.79 Å². The van der Waals surface area contributed by atoms with Crippen LogP contribution in [0, 0.1) is 11.8 Å². The molecule has 3 aliphatic carbocycles. The van der Waals surface area contributed by atoms with Crippen LogP contribution in [0.1, 0.15) is 6.42 Å². The molecule has 0 aromatic rings. The molecule has 110 valence electrons. The van der Waals surface area contributed by atoms with E-state index in [0.717, 1.165) is 0 Å². The van der Waals surface area contributed by atoms with Crippen LogP contribution >= 0.6 is 69.6 Å². The van der Waals surface area contributed by atoms with Gasteiger partial charge in [-0.15, -0.1) is 23.2 Å². The molecule has 0 saturated heterocycles. The minimum atomic E-state index is -1.55. The molecule has 20 heavy (non-hydrogen) atoms. The summed E-state index contributed by atoms with van der Waals surface area (Å²) in [5, 5.41) is 0.297. The van der Waals surface area contributed by atoms with Crippen molar-refractivity contribution >= 4 is 75.6 Å². The first-order valence-electron chi connectivity index (χ1n) is 5.74. The largest absolute Gasteiger partial charge is 0.466 e. The van der Waals surface area contributed by atoms with Crippen LogP contribution < -0.4 is 0 Å². The number of hydrogen-bond donors (Lipinski definition) is 0. The molecule has 0 aromatic carbocycles. The third kappa shape index (κ3) is 1.40. The molecule has 0 aliphatic heterocycles. The van der Waals surface area contributed by atoms with Gasteiger partial charge in [0.15, 0.2) is 4.33 Å². The maximum atomic E-state index is 11.7. The molecular weight excluding hydrogens is 389 g/mol. The molecule has 0 amide bonds. The van der Waals surface area contributed by atoms with Gasteiger partial charge in [-0.3, -0.25) is 0 Å². The maximum absolute atomic E-state index is 11.7. The highest BCUT2D eigenvalue weighted by Gasteiger charge is 2.82. The molecule has 1 saturated carbocycles. The molecular formula is C12H8Cl6O2. The highest BCUT2D eigenvalue weighted by Crippen LogP contribution is 2.78. The van der Waals surface area contributed by atoms with E-state index in [1.54, 1.807) is 6.08 Å². The standard InChI is InChI=1S/C12H8Cl6O2/c1-20-9(19)4-2-5-6(3-4)11(16)8(14)7(13)10(5,15)12(11,17)18/h2,5-6H,3H2,1H3/t5-,6+,10-,11+/m0/s1. The van der Waals surface area contributed by atoms with Crippen LogP contribution in [0.5, 0.6) is 0 Å². The summed E-state index contributed by atoms with van der Waals surface area (Å²) < 4.78 is 3.17. The van der Waals surface area contributed by atoms with E-state index in [2.05, 4.69) is 0 Å². The third-order valence-corrected chi connectivity index (χ3v) is 8.74. The summed E-state index contributed by atoms with van der Waals surface area (Å²) in [7, 11) is 1.31. The van der Waals surface area contributed by atoms with E-state index in [9.17, 15) is 4.79 Å². The van der Waals surface area contributed by atoms with Crippen molar-refractivity contribution in [2.45, 2.75) is 20.5 Å². The van der Waals surface area contributed by atoms with Gasteiger partial charge in [-0.05, 0) is 12.3 Å². The lowest BCUT2D eigenvalue weighted by Crippen LogP contribution is -2.45. The van der Waals surface area contributed by atoms with E-state index < -0.39 is 20.1 Å². The highest BCUT2D eigenvalue weighted by atomic mass is 35.5. The number of hydrogen-bond acceptors (Lipinski definition) is 2. The van der Waals surface area contributed by atoms with Gasteiger partial charge in [0.1, 0.15) is 9.75 Å². The number of esters is 1. The second-order valence-corrected chi connectivity index (χ2v) is 8.42. The van der Waals surface area contributed by atoms with Gasteiger partial charge in [0.2, 0.25) is 0 Å². The molecule has 4 atom stereocenters. The SMILES string of the molecule is COC(=O)C1=C[C@H]2[C@@H](C1)[C@@]1(Cl)C(Cl)=C(Cl)[C@]2(Cl)C1(Cl)Cl. The van der Waals surface area contributed by atoms with Gasteiger partial charge in [-0.2, -0.15) is 0 Å². The van der Waals surface area contributed by atoms with Crippen LogP contribution in [-0.4, -0.2) is 27.2 Å². The number of fused-ring (bicyclic) bond motifs is 5. The zero-order valence-electron chi connectivity index (χ0n) is 10.0. The quantitative estimate of drug-likeness (QED) is 0.479. The molecule has 0 N–H and O–H groups in total. The average Bonchev–Trinajstić information content (AvgIpc) is 2.94. The summed E-state index contributed by atoms with van der Waals surface area (Å²) in [5.41, 5.74) is 0.484. The summed E-state index contributed by atoms with van der Waals surface area (Å²) >= 11 is 38.5. The van der Waals surface area contributed by atoms with Gasteiger partial charge < -0.3 is 4.74 Å². The number of rotatable bonds is 1. The topological polar surface area (TPSA) is 26.3 Å². The molecule has 0 unspecified atom stereocenters. The molecule has 0 radical (unpaired) electrons. The fourth-order valence-electron chi connectivity index (χ4n) is 3.44. The number of allylic oxidation sites excluding steroid dienone is 3. The Kier molecular flexibility index (Phi) is 3.40. The van der Waals surface area contributed by atoms with Crippen molar-refractivity contribution in [1.82, 2.24) is 0 Å². The Morgan fingerprint density at radius 3 is 2.30 bits per heavy atom. The monoisotopic (exact) mass is 394 g/mol. The minimum Gasteiger partial charge on any atom is -0.466 e. The van der Waals surface area contributed by atoms with Gasteiger partial charge in [0.25, 0.3) is 0 Å². The first-order valence-corrected chi connectivity index (χ1v) is 8.01. The van der Waals surface area contributed by atoms with Crippen molar-refractivity contribution in [1.29, 1.82) is 0 Å². The molecule has 2 bridgehead atoms. The van der Waals surface area contributed by atoms with E-state index in [1.165, 1.54) is 7.11 Å². The Labute approximate surface area is 145 Å². The summed E-state index contributed by atoms with van der Waals surface area (Å²) in [4.78, 5) is 9.04. The van der Waals surface area contributed by atoms with Gasteiger partial charge in [-0.1, -0.05) is 52.5 Å². The normalized spacial score (nSPS) is 44.6. The van der Waals surface area contributed by atoms with Crippen molar-refractivity contribution in [3.63, 3.8) is 0 Å². The second-order valence-electron chi connectivity index (χ2n) is 5.15. The molecule has 8 heteroatoms. The molecule has 0 heterocycles. The molecule has 0 aromatic heterocycles. The molecule has 0 spiro atoms. The van der Waals surface area contributed by atoms with Crippen molar-refractivity contribution in [3.8, 4) is 0 Å². The van der Waals surface area contributed by atoms with Crippen molar-refractivity contribution < 1.29 is 9.53 Å². The predicted molar refractivity (Wildman–Crippen MR) is 82.0 cm³/mol. The van der Waals surface area contributed by atoms with Crippen molar-refractivity contribution in [2.24, 2.45) is 11.8 Å². The van der Waals surface area contributed by atoms with Gasteiger partial charge >= 0.3 is 5.97 Å². The van der Waals surface area contributed by atoms with Gasteiger partial charge in [0.05, 0.1) is 17.2 Å². The van der Waals surface area contributed by atoms with Crippen molar-refractivity contribution in [2.75, 3.05) is 7.11 Å². The molecule has 3 aliphatic rings. The Balaban J connectivity index is 2.16. The number of carbonyl (C=O) groups excluding carboxylic acids is 1. The zero-order chi connectivity index (χ0) is 15.1. The number of carbonyl (C=O) groups is 1. The van der Waals surface area contributed by atoms with E-state index in [-0.39, 0.29) is 21.9 Å². The fourth-order valence-corrected chi connectivity index (χ4v) is 6.45. The van der Waals surface area contributed by atoms with Crippen LogP contribution in [0.25, 0.3) is 0 Å². The summed E-state index contributed by atoms with van der Waals surface area (Å²) in [6.07, 6.45) is 2.04. The molecule has 3 rings (SSSR count). The van der Waals surface area contributed by atoms with E-state index in [4.69, 9.17) is 74.3 Å². The second kappa shape index (κ2) is 4.37. The van der Waals surface area contributed by atoms with E-state index >= 15 is 0 Å². The number of methoxy groups -OCH3 is 1. The molecule has 1 fully saturated rings. The van der Waals surface area contributed by atoms with Crippen LogP contribution in [-0.2, 0) is 9.53 Å². The van der Waals surface area contributed by atoms with Gasteiger partial charge in [0, 0.05) is 11.5 Å². The lowest BCUT2D eigenvalue weighted by molar-refractivity contribution is -0.136.